The van der Waals surface area contributed by atoms with E-state index in [0.29, 0.717) is 28.0 Å². The van der Waals surface area contributed by atoms with Crippen LogP contribution in [-0.2, 0) is 6.54 Å². The highest BCUT2D eigenvalue weighted by molar-refractivity contribution is 6.36. The summed E-state index contributed by atoms with van der Waals surface area (Å²) in [6, 6.07) is 3.07. The van der Waals surface area contributed by atoms with Crippen molar-refractivity contribution in [2.24, 2.45) is 0 Å². The molecule has 0 radical (unpaired) electrons. The first-order valence-electron chi connectivity index (χ1n) is 6.14. The number of unbranched alkanes of at least 4 members (excludes halogenated alkanes) is 1. The second-order valence-corrected chi connectivity index (χ2v) is 5.00. The van der Waals surface area contributed by atoms with Gasteiger partial charge in [-0.3, -0.25) is 0 Å². The molecular weight excluding hydrogens is 303 g/mol. The fraction of sp³-hybridized carbons (Fsp3) is 0.417. The van der Waals surface area contributed by atoms with Crippen LogP contribution in [0.2, 0.25) is 10.0 Å². The van der Waals surface area contributed by atoms with Crippen molar-refractivity contribution < 1.29 is 4.74 Å². The van der Waals surface area contributed by atoms with Crippen molar-refractivity contribution in [1.29, 1.82) is 0 Å². The van der Waals surface area contributed by atoms with Gasteiger partial charge in [-0.05, 0) is 22.9 Å². The summed E-state index contributed by atoms with van der Waals surface area (Å²) >= 11 is 12.1. The van der Waals surface area contributed by atoms with E-state index in [4.69, 9.17) is 27.9 Å². The van der Waals surface area contributed by atoms with E-state index in [0.717, 1.165) is 17.5 Å². The fourth-order valence-corrected chi connectivity index (χ4v) is 2.25. The summed E-state index contributed by atoms with van der Waals surface area (Å²) in [5.41, 5.74) is 0.0467. The normalized spacial score (nSPS) is 10.8. The maximum Gasteiger partial charge on any atom is 0.368 e. The summed E-state index contributed by atoms with van der Waals surface area (Å²) in [6.07, 6.45) is 1.82. The van der Waals surface area contributed by atoms with Gasteiger partial charge < -0.3 is 4.74 Å². The summed E-state index contributed by atoms with van der Waals surface area (Å²) in [7, 11) is 1.49. The average molecular weight is 317 g/mol. The minimum absolute atomic E-state index is 0.306. The predicted molar refractivity (Wildman–Crippen MR) is 77.1 cm³/mol. The first-order valence-corrected chi connectivity index (χ1v) is 6.90. The van der Waals surface area contributed by atoms with Crippen LogP contribution < -0.4 is 10.4 Å². The summed E-state index contributed by atoms with van der Waals surface area (Å²) in [5.74, 6) is 0.418. The highest BCUT2D eigenvalue weighted by Crippen LogP contribution is 2.32. The molecule has 0 bridgehead atoms. The Bertz CT molecular complexity index is 666. The smallest absolute Gasteiger partial charge is 0.368 e. The molecule has 0 spiro atoms. The molecule has 0 fully saturated rings. The molecule has 0 aliphatic carbocycles. The summed E-state index contributed by atoms with van der Waals surface area (Å²) in [4.78, 5) is 12.2. The molecule has 108 valence electrons. The summed E-state index contributed by atoms with van der Waals surface area (Å²) in [5, 5.41) is 8.35. The predicted octanol–water partition coefficient (Wildman–Crippen LogP) is 2.54. The number of hydrogen-bond acceptors (Lipinski definition) is 4. The molecule has 0 atom stereocenters. The van der Waals surface area contributed by atoms with Crippen molar-refractivity contribution in [3.63, 3.8) is 0 Å². The molecule has 0 N–H and O–H groups in total. The molecule has 1 heterocycles. The number of tetrazole rings is 1. The van der Waals surface area contributed by atoms with Crippen molar-refractivity contribution >= 4 is 23.2 Å². The zero-order valence-corrected chi connectivity index (χ0v) is 12.6. The van der Waals surface area contributed by atoms with Crippen LogP contribution in [0.15, 0.2) is 16.9 Å². The van der Waals surface area contributed by atoms with E-state index in [1.54, 1.807) is 6.07 Å². The first kappa shape index (κ1) is 14.9. The Morgan fingerprint density at radius 1 is 1.25 bits per heavy atom. The zero-order chi connectivity index (χ0) is 14.7. The minimum Gasteiger partial charge on any atom is -0.495 e. The number of halogens is 2. The Morgan fingerprint density at radius 3 is 2.65 bits per heavy atom. The maximum atomic E-state index is 12.2. The first-order chi connectivity index (χ1) is 9.58. The molecule has 2 rings (SSSR count). The molecule has 0 unspecified atom stereocenters. The van der Waals surface area contributed by atoms with Crippen LogP contribution in [0.4, 0.5) is 0 Å². The van der Waals surface area contributed by atoms with Gasteiger partial charge in [-0.1, -0.05) is 36.5 Å². The van der Waals surface area contributed by atoms with Gasteiger partial charge >= 0.3 is 5.69 Å². The van der Waals surface area contributed by atoms with E-state index >= 15 is 0 Å². The number of aryl methyl sites for hydroxylation is 1. The van der Waals surface area contributed by atoms with Crippen LogP contribution in [-0.4, -0.2) is 26.9 Å². The third-order valence-corrected chi connectivity index (χ3v) is 3.41. The van der Waals surface area contributed by atoms with Gasteiger partial charge in [-0.25, -0.2) is 4.79 Å². The van der Waals surface area contributed by atoms with Crippen molar-refractivity contribution in [2.45, 2.75) is 26.3 Å². The van der Waals surface area contributed by atoms with Gasteiger partial charge in [-0.15, -0.1) is 0 Å². The van der Waals surface area contributed by atoms with E-state index in [2.05, 4.69) is 10.4 Å². The van der Waals surface area contributed by atoms with Crippen LogP contribution in [0.3, 0.4) is 0 Å². The SMILES string of the molecule is CCCCn1nnn(-c2cc(OC)c(Cl)cc2Cl)c1=O. The van der Waals surface area contributed by atoms with E-state index in [9.17, 15) is 4.79 Å². The highest BCUT2D eigenvalue weighted by Gasteiger charge is 2.14. The fourth-order valence-electron chi connectivity index (χ4n) is 1.71. The molecule has 8 heteroatoms. The molecule has 20 heavy (non-hydrogen) atoms. The zero-order valence-electron chi connectivity index (χ0n) is 11.1. The van der Waals surface area contributed by atoms with E-state index in [-0.39, 0.29) is 5.69 Å². The number of ether oxygens (including phenoxy) is 1. The van der Waals surface area contributed by atoms with Gasteiger partial charge in [0, 0.05) is 12.6 Å². The molecule has 0 aliphatic heterocycles. The standard InChI is InChI=1S/C12H14Cl2N4O2/c1-3-4-5-17-12(19)18(16-15-17)10-7-11(20-2)9(14)6-8(10)13/h6-7H,3-5H2,1-2H3. The lowest BCUT2D eigenvalue weighted by molar-refractivity contribution is 0.414. The third kappa shape index (κ3) is 2.81. The van der Waals surface area contributed by atoms with Crippen molar-refractivity contribution in [3.05, 3.63) is 32.7 Å². The van der Waals surface area contributed by atoms with Crippen LogP contribution >= 0.6 is 23.2 Å². The number of methoxy groups -OCH3 is 1. The van der Waals surface area contributed by atoms with Gasteiger partial charge in [0.05, 0.1) is 22.8 Å². The van der Waals surface area contributed by atoms with Crippen LogP contribution in [0.25, 0.3) is 5.69 Å². The van der Waals surface area contributed by atoms with Crippen LogP contribution in [0, 0.1) is 0 Å². The number of hydrogen-bond donors (Lipinski definition) is 0. The average Bonchev–Trinajstić information content (AvgIpc) is 2.78. The molecule has 0 amide bonds. The summed E-state index contributed by atoms with van der Waals surface area (Å²) < 4.78 is 7.55. The van der Waals surface area contributed by atoms with Gasteiger partial charge in [-0.2, -0.15) is 9.36 Å². The molecule has 0 aliphatic rings. The molecule has 1 aromatic heterocycles. The molecule has 1 aromatic carbocycles. The Hall–Kier alpha value is -1.53. The van der Waals surface area contributed by atoms with E-state index < -0.39 is 0 Å². The quantitative estimate of drug-likeness (QED) is 0.850. The second-order valence-electron chi connectivity index (χ2n) is 4.19. The Morgan fingerprint density at radius 2 is 2.00 bits per heavy atom. The van der Waals surface area contributed by atoms with Crippen molar-refractivity contribution in [2.75, 3.05) is 7.11 Å². The van der Waals surface area contributed by atoms with Gasteiger partial charge in [0.1, 0.15) is 5.75 Å². The Balaban J connectivity index is 2.47. The minimum atomic E-state index is -0.343. The largest absolute Gasteiger partial charge is 0.495 e. The van der Waals surface area contributed by atoms with Gasteiger partial charge in [0.25, 0.3) is 0 Å². The molecular formula is C12H14Cl2N4O2. The molecule has 6 nitrogen and oxygen atoms in total. The Labute approximate surface area is 125 Å². The van der Waals surface area contributed by atoms with Gasteiger partial charge in [0.15, 0.2) is 0 Å². The van der Waals surface area contributed by atoms with Crippen molar-refractivity contribution in [1.82, 2.24) is 19.8 Å². The topological polar surface area (TPSA) is 61.9 Å². The van der Waals surface area contributed by atoms with Crippen LogP contribution in [0.5, 0.6) is 5.75 Å². The molecule has 0 saturated carbocycles. The van der Waals surface area contributed by atoms with E-state index in [1.165, 1.54) is 17.9 Å². The van der Waals surface area contributed by atoms with Crippen molar-refractivity contribution in [3.8, 4) is 11.4 Å². The van der Waals surface area contributed by atoms with Gasteiger partial charge in [0.2, 0.25) is 0 Å². The van der Waals surface area contributed by atoms with Crippen LogP contribution in [0.1, 0.15) is 19.8 Å². The second kappa shape index (κ2) is 6.28. The number of aromatic nitrogens is 4. The number of rotatable bonds is 5. The third-order valence-electron chi connectivity index (χ3n) is 2.81. The number of nitrogens with zero attached hydrogens (tertiary/aromatic N) is 4. The maximum absolute atomic E-state index is 12.2. The summed E-state index contributed by atoms with van der Waals surface area (Å²) in [6.45, 7) is 2.56. The lowest BCUT2D eigenvalue weighted by Crippen LogP contribution is -2.24. The van der Waals surface area contributed by atoms with E-state index in [1.807, 2.05) is 6.92 Å². The molecule has 0 saturated heterocycles. The monoisotopic (exact) mass is 316 g/mol. The molecule has 2 aromatic rings. The number of benzene rings is 1. The lowest BCUT2D eigenvalue weighted by Gasteiger charge is -2.07. The lowest BCUT2D eigenvalue weighted by atomic mass is 10.3. The highest BCUT2D eigenvalue weighted by atomic mass is 35.5. The Kier molecular flexibility index (Phi) is 4.67.